The van der Waals surface area contributed by atoms with Gasteiger partial charge >= 0.3 is 0 Å². The third-order valence-corrected chi connectivity index (χ3v) is 3.24. The van der Waals surface area contributed by atoms with Crippen molar-refractivity contribution in [2.75, 3.05) is 26.9 Å². The normalized spacial score (nSPS) is 22.4. The largest absolute Gasteiger partial charge is 0.376 e. The molecule has 0 aliphatic carbocycles. The van der Waals surface area contributed by atoms with E-state index in [-0.39, 0.29) is 12.1 Å². The van der Waals surface area contributed by atoms with Crippen molar-refractivity contribution < 1.29 is 9.47 Å². The Balaban J connectivity index is 1.98. The second-order valence-corrected chi connectivity index (χ2v) is 4.65. The lowest BCUT2D eigenvalue weighted by Crippen LogP contribution is -2.46. The van der Waals surface area contributed by atoms with Gasteiger partial charge in [-0.1, -0.05) is 23.7 Å². The van der Waals surface area contributed by atoms with Crippen molar-refractivity contribution in [1.29, 1.82) is 0 Å². The van der Waals surface area contributed by atoms with Crippen molar-refractivity contribution in [2.45, 2.75) is 18.6 Å². The van der Waals surface area contributed by atoms with E-state index >= 15 is 0 Å². The lowest BCUT2D eigenvalue weighted by molar-refractivity contribution is -0.100. The van der Waals surface area contributed by atoms with Crippen molar-refractivity contribution in [2.24, 2.45) is 0 Å². The molecule has 17 heavy (non-hydrogen) atoms. The number of nitrogens with one attached hydrogen (secondary N) is 1. The first kappa shape index (κ1) is 12.8. The zero-order valence-corrected chi connectivity index (χ0v) is 10.7. The van der Waals surface area contributed by atoms with Gasteiger partial charge in [-0.05, 0) is 31.2 Å². The summed E-state index contributed by atoms with van der Waals surface area (Å²) in [6, 6.07) is 8.20. The van der Waals surface area contributed by atoms with Crippen LogP contribution in [0.15, 0.2) is 24.3 Å². The van der Waals surface area contributed by atoms with Crippen LogP contribution in [0.25, 0.3) is 0 Å². The molecular weight excluding hydrogens is 238 g/mol. The molecule has 1 saturated heterocycles. The number of halogens is 1. The van der Waals surface area contributed by atoms with Gasteiger partial charge in [0.25, 0.3) is 0 Å². The minimum absolute atomic E-state index is 0.118. The molecular formula is C13H18ClNO2. The average molecular weight is 256 g/mol. The van der Waals surface area contributed by atoms with Crippen LogP contribution in [0.1, 0.15) is 5.56 Å². The van der Waals surface area contributed by atoms with Crippen molar-refractivity contribution >= 4 is 11.6 Å². The first-order valence-corrected chi connectivity index (χ1v) is 6.28. The number of likely N-dealkylation sites (N-methyl/N-ethyl adjacent to an activating group) is 1. The summed E-state index contributed by atoms with van der Waals surface area (Å²) in [5.74, 6) is 0. The van der Waals surface area contributed by atoms with E-state index < -0.39 is 0 Å². The molecule has 1 aliphatic heterocycles. The SMILES string of the molecule is CNC(Cc1cccc(Cl)c1)C1COCCO1. The van der Waals surface area contributed by atoms with Gasteiger partial charge in [-0.2, -0.15) is 0 Å². The summed E-state index contributed by atoms with van der Waals surface area (Å²) in [5.41, 5.74) is 1.21. The van der Waals surface area contributed by atoms with Crippen LogP contribution in [0.3, 0.4) is 0 Å². The molecule has 0 saturated carbocycles. The van der Waals surface area contributed by atoms with Gasteiger partial charge in [0.1, 0.15) is 0 Å². The third kappa shape index (κ3) is 3.68. The van der Waals surface area contributed by atoms with Crippen LogP contribution >= 0.6 is 11.6 Å². The Morgan fingerprint density at radius 1 is 1.47 bits per heavy atom. The van der Waals surface area contributed by atoms with Crippen LogP contribution in [0.4, 0.5) is 0 Å². The molecule has 1 heterocycles. The maximum Gasteiger partial charge on any atom is 0.0965 e. The summed E-state index contributed by atoms with van der Waals surface area (Å²) in [4.78, 5) is 0. The lowest BCUT2D eigenvalue weighted by atomic mass is 10.0. The molecule has 3 nitrogen and oxygen atoms in total. The van der Waals surface area contributed by atoms with Crippen LogP contribution in [-0.4, -0.2) is 39.0 Å². The Morgan fingerprint density at radius 2 is 2.35 bits per heavy atom. The summed E-state index contributed by atoms with van der Waals surface area (Å²) in [6.07, 6.45) is 1.01. The summed E-state index contributed by atoms with van der Waals surface area (Å²) >= 11 is 5.98. The molecule has 0 amide bonds. The van der Waals surface area contributed by atoms with Crippen molar-refractivity contribution in [3.8, 4) is 0 Å². The summed E-state index contributed by atoms with van der Waals surface area (Å²) in [6.45, 7) is 2.04. The molecule has 1 fully saturated rings. The maximum absolute atomic E-state index is 5.98. The molecule has 2 atom stereocenters. The Morgan fingerprint density at radius 3 is 3.00 bits per heavy atom. The molecule has 1 aromatic rings. The fourth-order valence-corrected chi connectivity index (χ4v) is 2.29. The second-order valence-electron chi connectivity index (χ2n) is 4.21. The first-order valence-electron chi connectivity index (χ1n) is 5.90. The highest BCUT2D eigenvalue weighted by Gasteiger charge is 2.23. The Labute approximate surface area is 107 Å². The number of ether oxygens (including phenoxy) is 2. The number of hydrogen-bond acceptors (Lipinski definition) is 3. The predicted molar refractivity (Wildman–Crippen MR) is 68.6 cm³/mol. The summed E-state index contributed by atoms with van der Waals surface area (Å²) in [7, 11) is 1.95. The Bertz CT molecular complexity index is 353. The zero-order valence-electron chi connectivity index (χ0n) is 9.99. The van der Waals surface area contributed by atoms with E-state index in [1.54, 1.807) is 0 Å². The minimum atomic E-state index is 0.118. The second kappa shape index (κ2) is 6.36. The van der Waals surface area contributed by atoms with Gasteiger partial charge < -0.3 is 14.8 Å². The van der Waals surface area contributed by atoms with Crippen LogP contribution in [0, 0.1) is 0 Å². The van der Waals surface area contributed by atoms with Crippen LogP contribution in [0.2, 0.25) is 5.02 Å². The molecule has 1 N–H and O–H groups in total. The molecule has 1 aromatic carbocycles. The van der Waals surface area contributed by atoms with E-state index in [0.717, 1.165) is 11.4 Å². The minimum Gasteiger partial charge on any atom is -0.376 e. The van der Waals surface area contributed by atoms with Gasteiger partial charge in [-0.25, -0.2) is 0 Å². The van der Waals surface area contributed by atoms with E-state index in [1.807, 2.05) is 25.2 Å². The van der Waals surface area contributed by atoms with E-state index in [0.29, 0.717) is 19.8 Å². The molecule has 0 aromatic heterocycles. The lowest BCUT2D eigenvalue weighted by Gasteiger charge is -2.30. The van der Waals surface area contributed by atoms with Gasteiger partial charge in [0.2, 0.25) is 0 Å². The fourth-order valence-electron chi connectivity index (χ4n) is 2.08. The molecule has 2 rings (SSSR count). The van der Waals surface area contributed by atoms with Gasteiger partial charge in [0.15, 0.2) is 0 Å². The molecule has 2 unspecified atom stereocenters. The van der Waals surface area contributed by atoms with Gasteiger partial charge in [-0.15, -0.1) is 0 Å². The molecule has 0 radical (unpaired) electrons. The highest BCUT2D eigenvalue weighted by atomic mass is 35.5. The molecule has 4 heteroatoms. The van der Waals surface area contributed by atoms with Crippen molar-refractivity contribution in [1.82, 2.24) is 5.32 Å². The zero-order chi connectivity index (χ0) is 12.1. The van der Waals surface area contributed by atoms with E-state index in [4.69, 9.17) is 21.1 Å². The predicted octanol–water partition coefficient (Wildman–Crippen LogP) is 1.89. The number of rotatable bonds is 4. The van der Waals surface area contributed by atoms with Crippen LogP contribution < -0.4 is 5.32 Å². The third-order valence-electron chi connectivity index (χ3n) is 3.01. The van der Waals surface area contributed by atoms with Gasteiger partial charge in [0.05, 0.1) is 25.9 Å². The van der Waals surface area contributed by atoms with Gasteiger partial charge in [-0.3, -0.25) is 0 Å². The highest BCUT2D eigenvalue weighted by molar-refractivity contribution is 6.30. The van der Waals surface area contributed by atoms with E-state index in [2.05, 4.69) is 11.4 Å². The monoisotopic (exact) mass is 255 g/mol. The van der Waals surface area contributed by atoms with E-state index in [9.17, 15) is 0 Å². The standard InChI is InChI=1S/C13H18ClNO2/c1-15-12(13-9-16-5-6-17-13)8-10-3-2-4-11(14)7-10/h2-4,7,12-13,15H,5-6,8-9H2,1H3. The van der Waals surface area contributed by atoms with Gasteiger partial charge in [0, 0.05) is 11.1 Å². The molecule has 0 bridgehead atoms. The topological polar surface area (TPSA) is 30.5 Å². The Kier molecular flexibility index (Phi) is 4.80. The van der Waals surface area contributed by atoms with Crippen molar-refractivity contribution in [3.63, 3.8) is 0 Å². The van der Waals surface area contributed by atoms with Crippen LogP contribution in [0.5, 0.6) is 0 Å². The Hall–Kier alpha value is -0.610. The van der Waals surface area contributed by atoms with E-state index in [1.165, 1.54) is 5.56 Å². The quantitative estimate of drug-likeness (QED) is 0.891. The van der Waals surface area contributed by atoms with Crippen molar-refractivity contribution in [3.05, 3.63) is 34.9 Å². The highest BCUT2D eigenvalue weighted by Crippen LogP contribution is 2.15. The summed E-state index contributed by atoms with van der Waals surface area (Å²) < 4.78 is 11.1. The van der Waals surface area contributed by atoms with Crippen LogP contribution in [-0.2, 0) is 15.9 Å². The average Bonchev–Trinajstić information content (AvgIpc) is 2.37. The number of hydrogen-bond donors (Lipinski definition) is 1. The fraction of sp³-hybridized carbons (Fsp3) is 0.538. The smallest absolute Gasteiger partial charge is 0.0965 e. The molecule has 0 spiro atoms. The number of benzene rings is 1. The maximum atomic E-state index is 5.98. The first-order chi connectivity index (χ1) is 8.29. The summed E-state index contributed by atoms with van der Waals surface area (Å²) in [5, 5.41) is 4.07. The molecule has 1 aliphatic rings. The molecule has 94 valence electrons.